The van der Waals surface area contributed by atoms with Gasteiger partial charge in [-0.15, -0.1) is 0 Å². The Labute approximate surface area is 165 Å². The quantitative estimate of drug-likeness (QED) is 0.519. The van der Waals surface area contributed by atoms with Crippen LogP contribution >= 0.6 is 0 Å². The molecule has 142 valence electrons. The molecule has 0 atom stereocenters. The highest BCUT2D eigenvalue weighted by Crippen LogP contribution is 2.43. The predicted octanol–water partition coefficient (Wildman–Crippen LogP) is 8.00. The fraction of sp³-hybridized carbons (Fsp3) is 0.481. The largest absolute Gasteiger partial charge is 0.0646 e. The van der Waals surface area contributed by atoms with Gasteiger partial charge in [0.05, 0.1) is 0 Å². The Kier molecular flexibility index (Phi) is 5.53. The van der Waals surface area contributed by atoms with E-state index in [1.54, 1.807) is 5.57 Å². The molecule has 0 N–H and O–H groups in total. The smallest absolute Gasteiger partial charge is 0.00574 e. The molecule has 0 nitrogen and oxygen atoms in total. The van der Waals surface area contributed by atoms with E-state index in [-0.39, 0.29) is 0 Å². The summed E-state index contributed by atoms with van der Waals surface area (Å²) in [4.78, 5) is 0. The van der Waals surface area contributed by atoms with Crippen molar-refractivity contribution in [3.05, 3.63) is 64.7 Å². The molecule has 2 aromatic carbocycles. The first-order chi connectivity index (χ1) is 13.2. The third-order valence-electron chi connectivity index (χ3n) is 6.85. The minimum atomic E-state index is 0.511. The number of hydrogen-bond donors (Lipinski definition) is 0. The number of aryl methyl sites for hydroxylation is 1. The summed E-state index contributed by atoms with van der Waals surface area (Å²) in [5.41, 5.74) is 9.36. The molecule has 1 saturated carbocycles. The Morgan fingerprint density at radius 1 is 0.852 bits per heavy atom. The van der Waals surface area contributed by atoms with Gasteiger partial charge in [-0.05, 0) is 65.3 Å². The predicted molar refractivity (Wildman–Crippen MR) is 118 cm³/mol. The lowest BCUT2D eigenvalue weighted by Crippen LogP contribution is -2.18. The molecule has 2 aromatic rings. The van der Waals surface area contributed by atoms with Crippen molar-refractivity contribution < 1.29 is 0 Å². The highest BCUT2D eigenvalue weighted by atomic mass is 14.3. The Balaban J connectivity index is 1.57. The number of benzene rings is 2. The van der Waals surface area contributed by atoms with E-state index in [0.717, 1.165) is 12.8 Å². The van der Waals surface area contributed by atoms with Gasteiger partial charge in [-0.2, -0.15) is 0 Å². The van der Waals surface area contributed by atoms with Gasteiger partial charge in [-0.3, -0.25) is 0 Å². The van der Waals surface area contributed by atoms with E-state index in [9.17, 15) is 0 Å². The third-order valence-corrected chi connectivity index (χ3v) is 6.85. The van der Waals surface area contributed by atoms with Crippen LogP contribution in [0, 0.1) is 5.41 Å². The summed E-state index contributed by atoms with van der Waals surface area (Å²) in [5.74, 6) is 0. The second-order valence-corrected chi connectivity index (χ2v) is 9.16. The first-order valence-corrected chi connectivity index (χ1v) is 11.1. The van der Waals surface area contributed by atoms with Crippen molar-refractivity contribution in [2.24, 2.45) is 5.41 Å². The summed E-state index contributed by atoms with van der Waals surface area (Å²) >= 11 is 0. The summed E-state index contributed by atoms with van der Waals surface area (Å²) in [7, 11) is 0. The van der Waals surface area contributed by atoms with Crippen molar-refractivity contribution in [1.29, 1.82) is 0 Å². The van der Waals surface area contributed by atoms with Crippen LogP contribution in [0.15, 0.2) is 48.0 Å². The van der Waals surface area contributed by atoms with Gasteiger partial charge < -0.3 is 0 Å². The number of hydrogen-bond acceptors (Lipinski definition) is 0. The molecule has 0 amide bonds. The summed E-state index contributed by atoms with van der Waals surface area (Å²) in [6, 6.07) is 16.1. The maximum Gasteiger partial charge on any atom is -0.00574 e. The Morgan fingerprint density at radius 3 is 2.26 bits per heavy atom. The van der Waals surface area contributed by atoms with Gasteiger partial charge >= 0.3 is 0 Å². The lowest BCUT2D eigenvalue weighted by atomic mass is 9.73. The van der Waals surface area contributed by atoms with Crippen LogP contribution in [-0.4, -0.2) is 0 Å². The first-order valence-electron chi connectivity index (χ1n) is 11.1. The molecule has 0 unspecified atom stereocenters. The lowest BCUT2D eigenvalue weighted by Gasteiger charge is -2.32. The van der Waals surface area contributed by atoms with Crippen LogP contribution in [0.5, 0.6) is 0 Å². The average Bonchev–Trinajstić information content (AvgIpc) is 3.07. The van der Waals surface area contributed by atoms with Gasteiger partial charge in [0.25, 0.3) is 0 Å². The molecule has 0 bridgehead atoms. The molecule has 0 heterocycles. The van der Waals surface area contributed by atoms with Crippen molar-refractivity contribution in [2.75, 3.05) is 0 Å². The first kappa shape index (κ1) is 18.5. The van der Waals surface area contributed by atoms with Gasteiger partial charge in [0, 0.05) is 0 Å². The fourth-order valence-electron chi connectivity index (χ4n) is 5.21. The van der Waals surface area contributed by atoms with Gasteiger partial charge in [-0.1, -0.05) is 100 Å². The van der Waals surface area contributed by atoms with Crippen LogP contribution in [0.4, 0.5) is 0 Å². The standard InChI is InChI=1S/C27H34/c1-3-21-12-14-23(15-13-21)25-11-9-10-24-18-22(19-26(24)25)20-27(2)16-7-5-4-6-8-17-27/h9-15,19H,3-8,16-18,20H2,1-2H3. The van der Waals surface area contributed by atoms with Crippen LogP contribution in [0.3, 0.4) is 0 Å². The van der Waals surface area contributed by atoms with Crippen LogP contribution < -0.4 is 0 Å². The minimum Gasteiger partial charge on any atom is -0.0646 e. The second kappa shape index (κ2) is 8.05. The zero-order chi connectivity index (χ0) is 18.7. The Bertz CT molecular complexity index is 798. The van der Waals surface area contributed by atoms with E-state index in [0.29, 0.717) is 5.41 Å². The van der Waals surface area contributed by atoms with Gasteiger partial charge in [0.2, 0.25) is 0 Å². The van der Waals surface area contributed by atoms with E-state index in [4.69, 9.17) is 0 Å². The summed E-state index contributed by atoms with van der Waals surface area (Å²) in [6.07, 6.45) is 16.1. The molecule has 27 heavy (non-hydrogen) atoms. The van der Waals surface area contributed by atoms with E-state index in [1.165, 1.54) is 79.2 Å². The zero-order valence-electron chi connectivity index (χ0n) is 17.2. The van der Waals surface area contributed by atoms with Crippen molar-refractivity contribution in [3.63, 3.8) is 0 Å². The summed E-state index contributed by atoms with van der Waals surface area (Å²) in [5, 5.41) is 0. The highest BCUT2D eigenvalue weighted by Gasteiger charge is 2.28. The molecular weight excluding hydrogens is 324 g/mol. The Hall–Kier alpha value is -1.82. The molecule has 0 spiro atoms. The van der Waals surface area contributed by atoms with E-state index < -0.39 is 0 Å². The number of rotatable bonds is 4. The topological polar surface area (TPSA) is 0 Å². The number of allylic oxidation sites excluding steroid dienone is 1. The van der Waals surface area contributed by atoms with Gasteiger partial charge in [-0.25, -0.2) is 0 Å². The molecule has 0 aromatic heterocycles. The van der Waals surface area contributed by atoms with Crippen molar-refractivity contribution in [2.45, 2.75) is 78.1 Å². The lowest BCUT2D eigenvalue weighted by molar-refractivity contribution is 0.234. The summed E-state index contributed by atoms with van der Waals surface area (Å²) < 4.78 is 0. The summed E-state index contributed by atoms with van der Waals surface area (Å²) in [6.45, 7) is 4.77. The molecule has 0 aliphatic heterocycles. The maximum atomic E-state index is 2.55. The van der Waals surface area contributed by atoms with Crippen molar-refractivity contribution in [3.8, 4) is 11.1 Å². The second-order valence-electron chi connectivity index (χ2n) is 9.16. The molecule has 0 saturated heterocycles. The zero-order valence-corrected chi connectivity index (χ0v) is 17.2. The van der Waals surface area contributed by atoms with Crippen LogP contribution in [0.25, 0.3) is 17.2 Å². The molecule has 0 heteroatoms. The molecule has 1 fully saturated rings. The maximum absolute atomic E-state index is 2.55. The number of fused-ring (bicyclic) bond motifs is 1. The molecule has 2 aliphatic carbocycles. The minimum absolute atomic E-state index is 0.511. The highest BCUT2D eigenvalue weighted by molar-refractivity contribution is 5.80. The van der Waals surface area contributed by atoms with E-state index >= 15 is 0 Å². The molecular formula is C27H34. The molecule has 2 aliphatic rings. The molecule has 0 radical (unpaired) electrons. The SMILES string of the molecule is CCc1ccc(-c2cccc3c2C=C(CC2(C)CCCCCCC2)C3)cc1. The Morgan fingerprint density at radius 2 is 1.56 bits per heavy atom. The van der Waals surface area contributed by atoms with Crippen molar-refractivity contribution >= 4 is 6.08 Å². The van der Waals surface area contributed by atoms with Gasteiger partial charge in [0.15, 0.2) is 0 Å². The van der Waals surface area contributed by atoms with Crippen molar-refractivity contribution in [1.82, 2.24) is 0 Å². The fourth-order valence-corrected chi connectivity index (χ4v) is 5.21. The van der Waals surface area contributed by atoms with E-state index in [1.807, 2.05) is 0 Å². The van der Waals surface area contributed by atoms with Crippen LogP contribution in [-0.2, 0) is 12.8 Å². The molecule has 4 rings (SSSR count). The average molecular weight is 359 g/mol. The normalized spacial score (nSPS) is 19.1. The van der Waals surface area contributed by atoms with Crippen LogP contribution in [0.2, 0.25) is 0 Å². The third kappa shape index (κ3) is 4.21. The van der Waals surface area contributed by atoms with Crippen LogP contribution in [0.1, 0.15) is 81.9 Å². The van der Waals surface area contributed by atoms with Gasteiger partial charge in [0.1, 0.15) is 0 Å². The monoisotopic (exact) mass is 358 g/mol. The van der Waals surface area contributed by atoms with E-state index in [2.05, 4.69) is 62.4 Å².